The third-order valence-corrected chi connectivity index (χ3v) is 6.13. The Bertz CT molecular complexity index is 1270. The Kier molecular flexibility index (Phi) is 6.93. The van der Waals surface area contributed by atoms with E-state index in [1.807, 2.05) is 0 Å². The number of hydrogen-bond donors (Lipinski definition) is 2. The summed E-state index contributed by atoms with van der Waals surface area (Å²) in [6, 6.07) is 3.41. The van der Waals surface area contributed by atoms with Crippen LogP contribution >= 0.6 is 27.7 Å². The fourth-order valence-corrected chi connectivity index (χ4v) is 4.07. The number of amides is 1. The van der Waals surface area contributed by atoms with Crippen molar-refractivity contribution in [2.75, 3.05) is 11.5 Å². The summed E-state index contributed by atoms with van der Waals surface area (Å²) in [5.74, 6) is -2.72. The molecule has 2 aromatic heterocycles. The van der Waals surface area contributed by atoms with Crippen molar-refractivity contribution >= 4 is 43.6 Å². The third kappa shape index (κ3) is 5.78. The molecule has 12 nitrogen and oxygen atoms in total. The van der Waals surface area contributed by atoms with E-state index in [9.17, 15) is 22.4 Å². The molecule has 0 bridgehead atoms. The van der Waals surface area contributed by atoms with Crippen molar-refractivity contribution in [1.82, 2.24) is 25.4 Å². The summed E-state index contributed by atoms with van der Waals surface area (Å²) in [6.45, 7) is 1.64. The van der Waals surface area contributed by atoms with Crippen molar-refractivity contribution < 1.29 is 26.8 Å². The quantitative estimate of drug-likeness (QED) is 0.388. The van der Waals surface area contributed by atoms with E-state index in [1.54, 1.807) is 6.92 Å². The molecular formula is C15H14BrFN6O6S2. The van der Waals surface area contributed by atoms with E-state index in [-0.39, 0.29) is 32.5 Å². The van der Waals surface area contributed by atoms with Gasteiger partial charge in [-0.15, -0.1) is 0 Å². The lowest BCUT2D eigenvalue weighted by Crippen LogP contribution is -2.39. The monoisotopic (exact) mass is 536 g/mol. The predicted molar refractivity (Wildman–Crippen MR) is 109 cm³/mol. The van der Waals surface area contributed by atoms with Gasteiger partial charge in [-0.25, -0.2) is 31.9 Å². The molecular weight excluding hydrogens is 523 g/mol. The maximum atomic E-state index is 13.6. The van der Waals surface area contributed by atoms with Gasteiger partial charge in [0.05, 0.1) is 10.2 Å². The van der Waals surface area contributed by atoms with Crippen LogP contribution in [-0.4, -0.2) is 51.9 Å². The molecule has 0 radical (unpaired) electrons. The van der Waals surface area contributed by atoms with Crippen molar-refractivity contribution in [3.8, 4) is 17.2 Å². The lowest BCUT2D eigenvalue weighted by atomic mass is 10.3. The summed E-state index contributed by atoms with van der Waals surface area (Å²) in [6.07, 6.45) is 0. The second kappa shape index (κ2) is 9.29. The number of sulfonamides is 1. The Morgan fingerprint density at radius 1 is 1.39 bits per heavy atom. The van der Waals surface area contributed by atoms with Crippen LogP contribution in [0.2, 0.25) is 0 Å². The maximum Gasteiger partial charge on any atom is 0.446 e. The first-order valence-electron chi connectivity index (χ1n) is 8.35. The molecule has 1 atom stereocenters. The molecule has 0 saturated heterocycles. The molecule has 1 amide bonds. The van der Waals surface area contributed by atoms with E-state index in [4.69, 9.17) is 14.3 Å². The van der Waals surface area contributed by atoms with Crippen LogP contribution in [0.1, 0.15) is 6.92 Å². The summed E-state index contributed by atoms with van der Waals surface area (Å²) in [5, 5.41) is 18.8. The minimum Gasteiger partial charge on any atom is -0.352 e. The molecule has 166 valence electrons. The van der Waals surface area contributed by atoms with E-state index in [2.05, 4.69) is 36.7 Å². The fraction of sp³-hybridized carbons (Fsp3) is 0.267. The highest BCUT2D eigenvalue weighted by atomic mass is 79.9. The van der Waals surface area contributed by atoms with Gasteiger partial charge in [0.25, 0.3) is 0 Å². The second-order valence-corrected chi connectivity index (χ2v) is 9.69. The molecule has 16 heteroatoms. The molecule has 0 aliphatic heterocycles. The lowest BCUT2D eigenvalue weighted by Gasteiger charge is -2.12. The van der Waals surface area contributed by atoms with Gasteiger partial charge in [0.15, 0.2) is 10.7 Å². The summed E-state index contributed by atoms with van der Waals surface area (Å²) >= 11 is 4.16. The Hall–Kier alpha value is -2.56. The van der Waals surface area contributed by atoms with Crippen LogP contribution in [0.15, 0.2) is 41.6 Å². The van der Waals surface area contributed by atoms with Gasteiger partial charge in [0.2, 0.25) is 21.8 Å². The van der Waals surface area contributed by atoms with Crippen LogP contribution < -0.4 is 16.2 Å². The lowest BCUT2D eigenvalue weighted by molar-refractivity contribution is -0.119. The number of nitrogens with one attached hydrogen (secondary N) is 1. The van der Waals surface area contributed by atoms with Crippen LogP contribution in [0.25, 0.3) is 17.2 Å². The van der Waals surface area contributed by atoms with E-state index < -0.39 is 39.3 Å². The molecule has 0 unspecified atom stereocenters. The first-order valence-corrected chi connectivity index (χ1v) is 11.8. The highest BCUT2D eigenvalue weighted by Gasteiger charge is 2.24. The number of carbonyl (C=O) groups excluding carboxylic acids is 1. The van der Waals surface area contributed by atoms with Gasteiger partial charge < -0.3 is 5.32 Å². The van der Waals surface area contributed by atoms with Crippen molar-refractivity contribution in [1.29, 1.82) is 0 Å². The Balaban J connectivity index is 1.79. The van der Waals surface area contributed by atoms with Crippen LogP contribution in [-0.2, 0) is 14.8 Å². The van der Waals surface area contributed by atoms with Crippen LogP contribution in [0.4, 0.5) is 4.39 Å². The van der Waals surface area contributed by atoms with E-state index >= 15 is 0 Å². The van der Waals surface area contributed by atoms with Crippen LogP contribution in [0.5, 0.6) is 0 Å². The predicted octanol–water partition coefficient (Wildman–Crippen LogP) is 0.662. The number of carbonyl (C=O) groups is 1. The van der Waals surface area contributed by atoms with Crippen molar-refractivity contribution in [2.24, 2.45) is 5.14 Å². The van der Waals surface area contributed by atoms with Gasteiger partial charge in [-0.05, 0) is 51.4 Å². The number of thioether (sulfide) groups is 1. The third-order valence-electron chi connectivity index (χ3n) is 3.65. The molecule has 0 aliphatic rings. The van der Waals surface area contributed by atoms with E-state index in [0.29, 0.717) is 0 Å². The van der Waals surface area contributed by atoms with Crippen molar-refractivity contribution in [3.05, 3.63) is 39.0 Å². The van der Waals surface area contributed by atoms with Gasteiger partial charge in [-0.3, -0.25) is 9.32 Å². The minimum atomic E-state index is -3.94. The maximum absolute atomic E-state index is 13.6. The van der Waals surface area contributed by atoms with Gasteiger partial charge >= 0.3 is 5.76 Å². The molecule has 0 saturated carbocycles. The number of nitrogens with two attached hydrogens (primary N) is 1. The molecule has 0 fully saturated rings. The molecule has 2 heterocycles. The topological polar surface area (TPSA) is 176 Å². The molecule has 0 spiro atoms. The largest absolute Gasteiger partial charge is 0.446 e. The van der Waals surface area contributed by atoms with Gasteiger partial charge in [-0.2, -0.15) is 0 Å². The summed E-state index contributed by atoms with van der Waals surface area (Å²) < 4.78 is 46.2. The smallest absolute Gasteiger partial charge is 0.352 e. The van der Waals surface area contributed by atoms with Gasteiger partial charge in [0.1, 0.15) is 11.6 Å². The van der Waals surface area contributed by atoms with Gasteiger partial charge in [0, 0.05) is 11.8 Å². The standard InChI is InChI=1S/C15H14BrFN6O6S2/c1-7(19-11(24)6-31(18,26)27)5-30-14-12(20-29-22-14)13-21-28-15(25)23(13)8-2-3-10(17)9(16)4-8/h2-4,7H,5-6H2,1H3,(H,19,24)(H2,18,26,27)/t7-/m1/s1. The highest BCUT2D eigenvalue weighted by Crippen LogP contribution is 2.29. The number of benzene rings is 1. The molecule has 1 aromatic carbocycles. The number of rotatable bonds is 8. The fourth-order valence-electron chi connectivity index (χ4n) is 2.41. The Morgan fingerprint density at radius 3 is 2.81 bits per heavy atom. The van der Waals surface area contributed by atoms with E-state index in [0.717, 1.165) is 22.4 Å². The first kappa shape index (κ1) is 23.1. The Labute approximate surface area is 186 Å². The zero-order valence-electron chi connectivity index (χ0n) is 15.6. The summed E-state index contributed by atoms with van der Waals surface area (Å²) in [4.78, 5) is 23.8. The van der Waals surface area contributed by atoms with Crippen molar-refractivity contribution in [3.63, 3.8) is 0 Å². The number of nitrogens with zero attached hydrogens (tertiary/aromatic N) is 4. The number of aromatic nitrogens is 4. The van der Waals surface area contributed by atoms with Crippen molar-refractivity contribution in [2.45, 2.75) is 18.0 Å². The minimum absolute atomic E-state index is 0.0295. The van der Waals surface area contributed by atoms with E-state index in [1.165, 1.54) is 12.1 Å². The SMILES string of the molecule is C[C@H](CSc1nonc1-c1noc(=O)n1-c1ccc(F)c(Br)c1)NC(=O)CS(N)(=O)=O. The first-order chi connectivity index (χ1) is 14.5. The number of primary sulfonamides is 1. The highest BCUT2D eigenvalue weighted by molar-refractivity contribution is 9.10. The van der Waals surface area contributed by atoms with Gasteiger partial charge in [-0.1, -0.05) is 16.9 Å². The molecule has 0 aliphatic carbocycles. The zero-order chi connectivity index (χ0) is 22.8. The molecule has 3 rings (SSSR count). The van der Waals surface area contributed by atoms with Crippen LogP contribution in [0.3, 0.4) is 0 Å². The summed E-state index contributed by atoms with van der Waals surface area (Å²) in [5.41, 5.74) is 0.344. The zero-order valence-corrected chi connectivity index (χ0v) is 18.8. The molecule has 3 N–H and O–H groups in total. The number of halogens is 2. The molecule has 3 aromatic rings. The van der Waals surface area contributed by atoms with Crippen LogP contribution in [0, 0.1) is 5.82 Å². The Morgan fingerprint density at radius 2 is 2.13 bits per heavy atom. The summed E-state index contributed by atoms with van der Waals surface area (Å²) in [7, 11) is -3.94. The average molecular weight is 537 g/mol. The molecule has 31 heavy (non-hydrogen) atoms. The second-order valence-electron chi connectivity index (χ2n) is 6.21. The average Bonchev–Trinajstić information content (AvgIpc) is 3.26. The normalized spacial score (nSPS) is 12.6. The number of hydrogen-bond acceptors (Lipinski definition) is 10.